The number of aliphatic hydroxyl groups is 1. The Bertz CT molecular complexity index is 1090. The van der Waals surface area contributed by atoms with Crippen LogP contribution in [0, 0.1) is 40.4 Å². The number of ether oxygens (including phenoxy) is 4. The lowest BCUT2D eigenvalue weighted by molar-refractivity contribution is -0.197. The molecular weight excluding hydrogens is 590 g/mol. The third-order valence-electron chi connectivity index (χ3n) is 12.8. The van der Waals surface area contributed by atoms with Crippen molar-refractivity contribution in [2.75, 3.05) is 20.8 Å². The summed E-state index contributed by atoms with van der Waals surface area (Å²) in [5, 5.41) is 14.3. The topological polar surface area (TPSA) is 137 Å². The minimum Gasteiger partial charge on any atom is -0.469 e. The Morgan fingerprint density at radius 3 is 2.17 bits per heavy atom. The molecule has 0 aromatic heterocycles. The van der Waals surface area contributed by atoms with Gasteiger partial charge in [0.25, 0.3) is 0 Å². The van der Waals surface area contributed by atoms with Crippen molar-refractivity contribution in [1.82, 2.24) is 5.32 Å². The molecule has 0 aromatic carbocycles. The Morgan fingerprint density at radius 1 is 0.804 bits per heavy atom. The van der Waals surface area contributed by atoms with Crippen molar-refractivity contribution < 1.29 is 43.2 Å². The lowest BCUT2D eigenvalue weighted by Crippen LogP contribution is -2.60. The minimum atomic E-state index is -0.700. The van der Waals surface area contributed by atoms with E-state index in [-0.39, 0.29) is 54.3 Å². The Balaban J connectivity index is 1.53. The zero-order valence-corrected chi connectivity index (χ0v) is 29.1. The summed E-state index contributed by atoms with van der Waals surface area (Å²) in [4.78, 5) is 48.9. The molecule has 4 aliphatic carbocycles. The highest BCUT2D eigenvalue weighted by molar-refractivity contribution is 5.78. The number of fused-ring (bicyclic) bond motifs is 5. The fraction of sp³-hybridized carbons (Fsp3) is 0.889. The molecule has 4 fully saturated rings. The van der Waals surface area contributed by atoms with Gasteiger partial charge in [0.1, 0.15) is 18.8 Å². The minimum absolute atomic E-state index is 0.00814. The predicted octanol–water partition coefficient (Wildman–Crippen LogP) is 6.11. The number of carbonyl (C=O) groups is 4. The first-order valence-corrected chi connectivity index (χ1v) is 17.8. The molecule has 0 spiro atoms. The maximum atomic E-state index is 13.1. The van der Waals surface area contributed by atoms with Crippen LogP contribution in [0.25, 0.3) is 0 Å². The molecule has 0 unspecified atom stereocenters. The standard InChI is InChI=1S/C36H59NO9/c1-7-8-9-10-17-36(4,42)29-12-11-25-24-21-28(46-31(39)14-13-30(38)43-5)27-20-23(45-33(41)37-22-32(40)44-6)15-18-34(27,2)26(24)16-19-35(25,29)3/h23-29,42H,7-22H2,1-6H3,(H,37,41)/t23-,24-,25-,26-,27+,28-,29-,34+,35-,36-/m0/s1. The average molecular weight is 650 g/mol. The molecule has 10 atom stereocenters. The van der Waals surface area contributed by atoms with Gasteiger partial charge in [-0.25, -0.2) is 4.79 Å². The molecular formula is C36H59NO9. The molecule has 10 heteroatoms. The molecule has 4 rings (SSSR count). The summed E-state index contributed by atoms with van der Waals surface area (Å²) in [6.45, 7) is 8.77. The van der Waals surface area contributed by atoms with Crippen LogP contribution in [0.4, 0.5) is 4.79 Å². The second-order valence-corrected chi connectivity index (χ2v) is 15.4. The van der Waals surface area contributed by atoms with Crippen molar-refractivity contribution in [3.63, 3.8) is 0 Å². The number of hydrogen-bond donors (Lipinski definition) is 2. The van der Waals surface area contributed by atoms with E-state index < -0.39 is 29.6 Å². The molecule has 0 saturated heterocycles. The molecule has 0 bridgehead atoms. The first-order valence-electron chi connectivity index (χ1n) is 17.8. The Kier molecular flexibility index (Phi) is 12.1. The van der Waals surface area contributed by atoms with Gasteiger partial charge < -0.3 is 29.4 Å². The molecule has 4 aliphatic rings. The van der Waals surface area contributed by atoms with E-state index in [9.17, 15) is 24.3 Å². The van der Waals surface area contributed by atoms with Crippen molar-refractivity contribution in [3.05, 3.63) is 0 Å². The van der Waals surface area contributed by atoms with Crippen LogP contribution in [-0.4, -0.2) is 67.7 Å². The first-order chi connectivity index (χ1) is 21.8. The van der Waals surface area contributed by atoms with E-state index in [1.807, 2.05) is 0 Å². The third-order valence-corrected chi connectivity index (χ3v) is 12.8. The Hall–Kier alpha value is -2.36. The van der Waals surface area contributed by atoms with Gasteiger partial charge in [-0.1, -0.05) is 46.5 Å². The number of amides is 1. The number of unbranched alkanes of at least 4 members (excludes halogenated alkanes) is 3. The third kappa shape index (κ3) is 7.84. The molecule has 2 N–H and O–H groups in total. The molecule has 0 heterocycles. The maximum absolute atomic E-state index is 13.1. The number of hydrogen-bond acceptors (Lipinski definition) is 9. The highest BCUT2D eigenvalue weighted by Gasteiger charge is 2.64. The van der Waals surface area contributed by atoms with Crippen LogP contribution in [0.1, 0.15) is 124 Å². The lowest BCUT2D eigenvalue weighted by Gasteiger charge is -2.63. The van der Waals surface area contributed by atoms with Crippen LogP contribution in [0.2, 0.25) is 0 Å². The average Bonchev–Trinajstić information content (AvgIpc) is 3.39. The fourth-order valence-corrected chi connectivity index (χ4v) is 10.5. The van der Waals surface area contributed by atoms with Gasteiger partial charge in [0, 0.05) is 5.92 Å². The van der Waals surface area contributed by atoms with Crippen molar-refractivity contribution >= 4 is 24.0 Å². The van der Waals surface area contributed by atoms with Gasteiger partial charge >= 0.3 is 24.0 Å². The van der Waals surface area contributed by atoms with E-state index in [2.05, 4.69) is 37.7 Å². The van der Waals surface area contributed by atoms with E-state index >= 15 is 0 Å². The number of nitrogens with one attached hydrogen (secondary N) is 1. The number of methoxy groups -OCH3 is 2. The molecule has 1 amide bonds. The van der Waals surface area contributed by atoms with E-state index in [1.54, 1.807) is 0 Å². The van der Waals surface area contributed by atoms with E-state index in [1.165, 1.54) is 27.1 Å². The largest absolute Gasteiger partial charge is 0.469 e. The number of alkyl carbamates (subject to hydrolysis) is 1. The van der Waals surface area contributed by atoms with Crippen molar-refractivity contribution in [2.24, 2.45) is 40.4 Å². The second kappa shape index (κ2) is 15.2. The summed E-state index contributed by atoms with van der Waals surface area (Å²) in [6.07, 6.45) is 11.0. The molecule has 4 saturated carbocycles. The van der Waals surface area contributed by atoms with Gasteiger partial charge in [0.05, 0.1) is 32.7 Å². The van der Waals surface area contributed by atoms with Crippen molar-refractivity contribution in [1.29, 1.82) is 0 Å². The first kappa shape index (κ1) is 36.5. The van der Waals surface area contributed by atoms with Gasteiger partial charge in [-0.15, -0.1) is 0 Å². The SMILES string of the molecule is CCCCCC[C@](C)(O)[C@H]1CC[C@H]2[C@@H]3C[C@H](OC(=O)CCC(=O)OC)[C@H]4C[C@@H](OC(=O)NCC(=O)OC)CC[C@]4(C)[C@H]3CC[C@@]21C. The summed E-state index contributed by atoms with van der Waals surface area (Å²) in [7, 11) is 2.57. The Labute approximate surface area is 275 Å². The maximum Gasteiger partial charge on any atom is 0.407 e. The van der Waals surface area contributed by atoms with Gasteiger partial charge in [-0.3, -0.25) is 14.4 Å². The summed E-state index contributed by atoms with van der Waals surface area (Å²) in [6, 6.07) is 0. The molecule has 0 aromatic rings. The van der Waals surface area contributed by atoms with E-state index in [0.29, 0.717) is 30.6 Å². The summed E-state index contributed by atoms with van der Waals surface area (Å²) >= 11 is 0. The zero-order chi connectivity index (χ0) is 33.7. The lowest BCUT2D eigenvalue weighted by atomic mass is 9.43. The van der Waals surface area contributed by atoms with Gasteiger partial charge in [-0.05, 0) is 99.2 Å². The van der Waals surface area contributed by atoms with Crippen LogP contribution in [0.3, 0.4) is 0 Å². The summed E-state index contributed by atoms with van der Waals surface area (Å²) in [5.41, 5.74) is -0.786. The Morgan fingerprint density at radius 2 is 1.48 bits per heavy atom. The highest BCUT2D eigenvalue weighted by atomic mass is 16.6. The van der Waals surface area contributed by atoms with E-state index in [0.717, 1.165) is 57.8 Å². The molecule has 46 heavy (non-hydrogen) atoms. The highest BCUT2D eigenvalue weighted by Crippen LogP contribution is 2.69. The number of esters is 3. The van der Waals surface area contributed by atoms with Crippen molar-refractivity contribution in [3.8, 4) is 0 Å². The van der Waals surface area contributed by atoms with Gasteiger partial charge in [0.15, 0.2) is 0 Å². The quantitative estimate of drug-likeness (QED) is 0.138. The smallest absolute Gasteiger partial charge is 0.407 e. The molecule has 0 aliphatic heterocycles. The van der Waals surface area contributed by atoms with Crippen LogP contribution in [-0.2, 0) is 33.3 Å². The van der Waals surface area contributed by atoms with E-state index in [4.69, 9.17) is 14.2 Å². The van der Waals surface area contributed by atoms with Crippen LogP contribution < -0.4 is 5.32 Å². The predicted molar refractivity (Wildman–Crippen MR) is 171 cm³/mol. The monoisotopic (exact) mass is 649 g/mol. The zero-order valence-electron chi connectivity index (χ0n) is 29.1. The fourth-order valence-electron chi connectivity index (χ4n) is 10.5. The summed E-state index contributed by atoms with van der Waals surface area (Å²) < 4.78 is 21.4. The van der Waals surface area contributed by atoms with Crippen LogP contribution >= 0.6 is 0 Å². The van der Waals surface area contributed by atoms with Crippen molar-refractivity contribution in [2.45, 2.75) is 142 Å². The number of rotatable bonds is 13. The molecule has 262 valence electrons. The summed E-state index contributed by atoms with van der Waals surface area (Å²) in [5.74, 6) is 0.0674. The van der Waals surface area contributed by atoms with Crippen LogP contribution in [0.15, 0.2) is 0 Å². The van der Waals surface area contributed by atoms with Crippen LogP contribution in [0.5, 0.6) is 0 Å². The molecule has 0 radical (unpaired) electrons. The normalized spacial score (nSPS) is 36.2. The van der Waals surface area contributed by atoms with Gasteiger partial charge in [-0.2, -0.15) is 0 Å². The van der Waals surface area contributed by atoms with Gasteiger partial charge in [0.2, 0.25) is 0 Å². The second-order valence-electron chi connectivity index (χ2n) is 15.4. The molecule has 10 nitrogen and oxygen atoms in total. The number of carbonyl (C=O) groups excluding carboxylic acids is 4.